The Morgan fingerprint density at radius 1 is 1.12 bits per heavy atom. The normalized spacial score (nSPS) is 20.7. The molecule has 0 saturated carbocycles. The molecule has 1 fully saturated rings. The molecule has 142 valence electrons. The van der Waals surface area contributed by atoms with E-state index in [1.807, 2.05) is 30.3 Å². The summed E-state index contributed by atoms with van der Waals surface area (Å²) >= 11 is 0. The van der Waals surface area contributed by atoms with Crippen molar-refractivity contribution in [1.29, 1.82) is 0 Å². The van der Waals surface area contributed by atoms with Crippen LogP contribution >= 0.6 is 0 Å². The van der Waals surface area contributed by atoms with Crippen LogP contribution in [0.15, 0.2) is 30.3 Å². The van der Waals surface area contributed by atoms with Gasteiger partial charge in [0.05, 0.1) is 0 Å². The molecule has 1 atom stereocenters. The van der Waals surface area contributed by atoms with E-state index in [0.717, 1.165) is 24.8 Å². The average Bonchev–Trinajstić information content (AvgIpc) is 2.60. The Morgan fingerprint density at radius 3 is 2.35 bits per heavy atom. The third-order valence-corrected chi connectivity index (χ3v) is 5.16. The first-order valence-corrected chi connectivity index (χ1v) is 9.32. The van der Waals surface area contributed by atoms with Gasteiger partial charge in [0.1, 0.15) is 5.54 Å². The summed E-state index contributed by atoms with van der Waals surface area (Å²) in [6.07, 6.45) is 3.66. The molecule has 1 saturated heterocycles. The van der Waals surface area contributed by atoms with Crippen LogP contribution in [0.3, 0.4) is 0 Å². The van der Waals surface area contributed by atoms with Crippen LogP contribution in [-0.2, 0) is 20.8 Å². The largest absolute Gasteiger partial charge is 0.479 e. The summed E-state index contributed by atoms with van der Waals surface area (Å²) in [5.74, 6) is -2.17. The summed E-state index contributed by atoms with van der Waals surface area (Å²) < 4.78 is 0. The van der Waals surface area contributed by atoms with Gasteiger partial charge in [-0.2, -0.15) is 0 Å². The van der Waals surface area contributed by atoms with Crippen LogP contribution in [0.5, 0.6) is 0 Å². The molecule has 0 bridgehead atoms. The highest BCUT2D eigenvalue weighted by atomic mass is 16.4. The highest BCUT2D eigenvalue weighted by molar-refractivity contribution is 6.38. The van der Waals surface area contributed by atoms with Gasteiger partial charge in [0.15, 0.2) is 0 Å². The van der Waals surface area contributed by atoms with Gasteiger partial charge < -0.3 is 10.0 Å². The zero-order valence-electron chi connectivity index (χ0n) is 16.0. The lowest BCUT2D eigenvalue weighted by Gasteiger charge is -2.44. The number of benzene rings is 1. The van der Waals surface area contributed by atoms with Gasteiger partial charge in [0.2, 0.25) is 5.78 Å². The van der Waals surface area contributed by atoms with E-state index in [1.165, 1.54) is 4.90 Å². The molecule has 1 aliphatic heterocycles. The van der Waals surface area contributed by atoms with Gasteiger partial charge in [-0.05, 0) is 44.1 Å². The maximum atomic E-state index is 12.8. The number of rotatable bonds is 6. The number of amides is 1. The molecule has 1 N–H and O–H groups in total. The van der Waals surface area contributed by atoms with Crippen molar-refractivity contribution in [2.75, 3.05) is 6.54 Å². The summed E-state index contributed by atoms with van der Waals surface area (Å²) in [6.45, 7) is 5.40. The Bertz CT molecular complexity index is 662. The van der Waals surface area contributed by atoms with Crippen LogP contribution < -0.4 is 0 Å². The number of aryl methyl sites for hydroxylation is 1. The Morgan fingerprint density at radius 2 is 1.77 bits per heavy atom. The summed E-state index contributed by atoms with van der Waals surface area (Å²) in [5.41, 5.74) is -0.944. The number of aliphatic carboxylic acids is 1. The quantitative estimate of drug-likeness (QED) is 0.789. The van der Waals surface area contributed by atoms with E-state index >= 15 is 0 Å². The number of piperidine rings is 1. The van der Waals surface area contributed by atoms with Gasteiger partial charge in [-0.1, -0.05) is 51.1 Å². The van der Waals surface area contributed by atoms with Crippen molar-refractivity contribution in [3.63, 3.8) is 0 Å². The molecule has 1 aromatic carbocycles. The second-order valence-electron chi connectivity index (χ2n) is 8.17. The predicted molar refractivity (Wildman–Crippen MR) is 99.8 cm³/mol. The molecule has 5 heteroatoms. The molecule has 0 radical (unpaired) electrons. The second-order valence-corrected chi connectivity index (χ2v) is 8.17. The number of likely N-dealkylation sites (tertiary alicyclic amines) is 1. The van der Waals surface area contributed by atoms with Crippen molar-refractivity contribution >= 4 is 17.7 Å². The molecule has 1 amide bonds. The minimum atomic E-state index is -1.27. The highest BCUT2D eigenvalue weighted by Crippen LogP contribution is 2.34. The number of carboxylic acid groups (broad SMARTS) is 1. The minimum absolute atomic E-state index is 0.332. The van der Waals surface area contributed by atoms with E-state index in [4.69, 9.17) is 0 Å². The predicted octanol–water partition coefficient (Wildman–Crippen LogP) is 3.46. The van der Waals surface area contributed by atoms with Crippen molar-refractivity contribution in [3.05, 3.63) is 35.9 Å². The fourth-order valence-corrected chi connectivity index (χ4v) is 3.59. The smallest absolute Gasteiger partial charge is 0.329 e. The molecule has 1 aromatic rings. The molecule has 2 rings (SSSR count). The topological polar surface area (TPSA) is 74.7 Å². The van der Waals surface area contributed by atoms with Crippen LogP contribution in [0.2, 0.25) is 0 Å². The third kappa shape index (κ3) is 4.32. The molecule has 1 unspecified atom stereocenters. The highest BCUT2D eigenvalue weighted by Gasteiger charge is 2.49. The summed E-state index contributed by atoms with van der Waals surface area (Å²) in [6, 6.07) is 9.89. The van der Waals surface area contributed by atoms with E-state index in [2.05, 4.69) is 0 Å². The molecule has 1 aliphatic rings. The zero-order valence-corrected chi connectivity index (χ0v) is 16.0. The Hall–Kier alpha value is -2.17. The monoisotopic (exact) mass is 359 g/mol. The second kappa shape index (κ2) is 8.02. The van der Waals surface area contributed by atoms with Gasteiger partial charge >= 0.3 is 5.97 Å². The number of hydrogen-bond donors (Lipinski definition) is 1. The lowest BCUT2D eigenvalue weighted by atomic mass is 9.80. The lowest BCUT2D eigenvalue weighted by molar-refractivity contribution is -0.167. The van der Waals surface area contributed by atoms with Crippen LogP contribution in [-0.4, -0.2) is 39.7 Å². The number of nitrogens with zero attached hydrogens (tertiary/aromatic N) is 1. The van der Waals surface area contributed by atoms with E-state index in [9.17, 15) is 19.5 Å². The first-order valence-electron chi connectivity index (χ1n) is 9.32. The SMILES string of the molecule is CC(C)(C)C(=O)C(=O)N1CCCCC1(CCCc1ccccc1)C(=O)O. The van der Waals surface area contributed by atoms with Gasteiger partial charge in [-0.15, -0.1) is 0 Å². The zero-order chi connectivity index (χ0) is 19.4. The number of Topliss-reactive ketones (excluding diaryl/α,β-unsaturated/α-hetero) is 1. The number of carboxylic acids is 1. The van der Waals surface area contributed by atoms with Crippen molar-refractivity contribution in [2.24, 2.45) is 5.41 Å². The van der Waals surface area contributed by atoms with Crippen LogP contribution in [0, 0.1) is 5.41 Å². The van der Waals surface area contributed by atoms with E-state index in [0.29, 0.717) is 25.8 Å². The van der Waals surface area contributed by atoms with Crippen molar-refractivity contribution in [1.82, 2.24) is 4.90 Å². The average molecular weight is 359 g/mol. The van der Waals surface area contributed by atoms with E-state index < -0.39 is 28.6 Å². The van der Waals surface area contributed by atoms with Crippen LogP contribution in [0.4, 0.5) is 0 Å². The molecular formula is C21H29NO4. The number of carbonyl (C=O) groups is 3. The molecule has 0 spiro atoms. The molecule has 26 heavy (non-hydrogen) atoms. The fraction of sp³-hybridized carbons (Fsp3) is 0.571. The first-order chi connectivity index (χ1) is 12.2. The maximum absolute atomic E-state index is 12.8. The Balaban J connectivity index is 2.20. The van der Waals surface area contributed by atoms with Crippen molar-refractivity contribution < 1.29 is 19.5 Å². The summed E-state index contributed by atoms with van der Waals surface area (Å²) in [7, 11) is 0. The van der Waals surface area contributed by atoms with Crippen molar-refractivity contribution in [3.8, 4) is 0 Å². The number of carbonyl (C=O) groups excluding carboxylic acids is 2. The number of ketones is 1. The molecule has 5 nitrogen and oxygen atoms in total. The summed E-state index contributed by atoms with van der Waals surface area (Å²) in [4.78, 5) is 38.8. The number of hydrogen-bond acceptors (Lipinski definition) is 3. The Kier molecular flexibility index (Phi) is 6.21. The standard InChI is InChI=1S/C21H29NO4/c1-20(2,3)17(23)18(24)22-15-8-7-13-21(22,19(25)26)14-9-12-16-10-5-4-6-11-16/h4-6,10-11H,7-9,12-15H2,1-3H3,(H,25,26). The van der Waals surface area contributed by atoms with E-state index in [1.54, 1.807) is 20.8 Å². The maximum Gasteiger partial charge on any atom is 0.329 e. The first kappa shape index (κ1) is 20.1. The van der Waals surface area contributed by atoms with Gasteiger partial charge in [0.25, 0.3) is 5.91 Å². The van der Waals surface area contributed by atoms with Crippen LogP contribution in [0.1, 0.15) is 58.4 Å². The molecule has 0 aromatic heterocycles. The Labute approximate surface area is 155 Å². The van der Waals surface area contributed by atoms with Gasteiger partial charge in [0, 0.05) is 12.0 Å². The molecule has 1 heterocycles. The minimum Gasteiger partial charge on any atom is -0.479 e. The summed E-state index contributed by atoms with van der Waals surface area (Å²) in [5, 5.41) is 9.98. The molecule has 0 aliphatic carbocycles. The molecular weight excluding hydrogens is 330 g/mol. The van der Waals surface area contributed by atoms with Gasteiger partial charge in [-0.3, -0.25) is 9.59 Å². The van der Waals surface area contributed by atoms with Gasteiger partial charge in [-0.25, -0.2) is 4.79 Å². The fourth-order valence-electron chi connectivity index (χ4n) is 3.59. The van der Waals surface area contributed by atoms with Crippen molar-refractivity contribution in [2.45, 2.75) is 64.8 Å². The van der Waals surface area contributed by atoms with Crippen LogP contribution in [0.25, 0.3) is 0 Å². The third-order valence-electron chi connectivity index (χ3n) is 5.16. The lowest BCUT2D eigenvalue weighted by Crippen LogP contribution is -2.61. The van der Waals surface area contributed by atoms with E-state index in [-0.39, 0.29) is 0 Å².